The molecule has 0 aromatic heterocycles. The SMILES string of the molecule is CN=C(NCC1CCN(S(C)(=O)=O)CC1)NC(C)CCC(C)(C)C.I. The van der Waals surface area contributed by atoms with Crippen LogP contribution in [0.25, 0.3) is 0 Å². The van der Waals surface area contributed by atoms with Gasteiger partial charge in [-0.05, 0) is 43.9 Å². The smallest absolute Gasteiger partial charge is 0.211 e. The first kappa shape index (κ1) is 24.9. The summed E-state index contributed by atoms with van der Waals surface area (Å²) >= 11 is 0. The van der Waals surface area contributed by atoms with Crippen LogP contribution < -0.4 is 10.6 Å². The van der Waals surface area contributed by atoms with Gasteiger partial charge in [-0.15, -0.1) is 24.0 Å². The van der Waals surface area contributed by atoms with E-state index < -0.39 is 10.0 Å². The van der Waals surface area contributed by atoms with E-state index in [0.717, 1.165) is 31.8 Å². The predicted molar refractivity (Wildman–Crippen MR) is 117 cm³/mol. The Labute approximate surface area is 171 Å². The van der Waals surface area contributed by atoms with Crippen molar-refractivity contribution >= 4 is 40.0 Å². The molecule has 1 saturated heterocycles. The largest absolute Gasteiger partial charge is 0.356 e. The lowest BCUT2D eigenvalue weighted by molar-refractivity contribution is 0.274. The molecule has 1 aliphatic heterocycles. The molecule has 150 valence electrons. The van der Waals surface area contributed by atoms with Gasteiger partial charge in [0.1, 0.15) is 0 Å². The fourth-order valence-corrected chi connectivity index (χ4v) is 3.71. The molecule has 1 heterocycles. The summed E-state index contributed by atoms with van der Waals surface area (Å²) in [6.07, 6.45) is 5.36. The fourth-order valence-electron chi connectivity index (χ4n) is 2.84. The number of hydrogen-bond donors (Lipinski definition) is 2. The van der Waals surface area contributed by atoms with Crippen molar-refractivity contribution in [2.75, 3.05) is 32.9 Å². The number of sulfonamides is 1. The summed E-state index contributed by atoms with van der Waals surface area (Å²) < 4.78 is 24.7. The molecule has 25 heavy (non-hydrogen) atoms. The van der Waals surface area contributed by atoms with Crippen molar-refractivity contribution in [3.63, 3.8) is 0 Å². The average Bonchev–Trinajstić information content (AvgIpc) is 2.48. The first-order valence-corrected chi connectivity index (χ1v) is 10.8. The van der Waals surface area contributed by atoms with Crippen LogP contribution in [0.2, 0.25) is 0 Å². The van der Waals surface area contributed by atoms with Gasteiger partial charge in [0.15, 0.2) is 5.96 Å². The molecule has 0 aromatic carbocycles. The van der Waals surface area contributed by atoms with Crippen molar-refractivity contribution in [1.29, 1.82) is 0 Å². The van der Waals surface area contributed by atoms with E-state index in [0.29, 0.717) is 30.5 Å². The van der Waals surface area contributed by atoms with Gasteiger partial charge < -0.3 is 10.6 Å². The van der Waals surface area contributed by atoms with Gasteiger partial charge in [0.25, 0.3) is 0 Å². The Morgan fingerprint density at radius 1 is 1.28 bits per heavy atom. The van der Waals surface area contributed by atoms with Gasteiger partial charge in [0.05, 0.1) is 6.26 Å². The van der Waals surface area contributed by atoms with Crippen LogP contribution in [-0.2, 0) is 10.0 Å². The Hall–Kier alpha value is -0.0900. The zero-order chi connectivity index (χ0) is 18.4. The van der Waals surface area contributed by atoms with Crippen molar-refractivity contribution in [2.24, 2.45) is 16.3 Å². The Bertz CT molecular complexity index is 509. The predicted octanol–water partition coefficient (Wildman–Crippen LogP) is 2.66. The molecule has 1 aliphatic rings. The Morgan fingerprint density at radius 2 is 1.84 bits per heavy atom. The highest BCUT2D eigenvalue weighted by atomic mass is 127. The van der Waals surface area contributed by atoms with E-state index in [4.69, 9.17) is 0 Å². The molecule has 1 fully saturated rings. The Balaban J connectivity index is 0.00000576. The summed E-state index contributed by atoms with van der Waals surface area (Å²) in [5.41, 5.74) is 0.348. The molecular weight excluding hydrogens is 451 g/mol. The van der Waals surface area contributed by atoms with Gasteiger partial charge in [0.2, 0.25) is 10.0 Å². The summed E-state index contributed by atoms with van der Waals surface area (Å²) in [5, 5.41) is 6.84. The molecular formula is C17H37IN4O2S. The number of rotatable bonds is 6. The highest BCUT2D eigenvalue weighted by Crippen LogP contribution is 2.21. The van der Waals surface area contributed by atoms with Crippen molar-refractivity contribution in [1.82, 2.24) is 14.9 Å². The lowest BCUT2D eigenvalue weighted by Gasteiger charge is -2.30. The first-order valence-electron chi connectivity index (χ1n) is 8.93. The van der Waals surface area contributed by atoms with Crippen LogP contribution in [-0.4, -0.2) is 57.7 Å². The molecule has 0 spiro atoms. The molecule has 6 nitrogen and oxygen atoms in total. The third-order valence-electron chi connectivity index (χ3n) is 4.53. The van der Waals surface area contributed by atoms with Gasteiger partial charge in [0, 0.05) is 32.7 Å². The first-order chi connectivity index (χ1) is 11.0. The van der Waals surface area contributed by atoms with Gasteiger partial charge in [-0.3, -0.25) is 4.99 Å². The summed E-state index contributed by atoms with van der Waals surface area (Å²) in [6.45, 7) is 11.0. The summed E-state index contributed by atoms with van der Waals surface area (Å²) in [5.74, 6) is 1.33. The normalized spacial score (nSPS) is 19.2. The molecule has 0 aliphatic carbocycles. The van der Waals surface area contributed by atoms with E-state index in [1.807, 2.05) is 0 Å². The van der Waals surface area contributed by atoms with Gasteiger partial charge in [-0.2, -0.15) is 0 Å². The van der Waals surface area contributed by atoms with E-state index >= 15 is 0 Å². The summed E-state index contributed by atoms with van der Waals surface area (Å²) in [7, 11) is -1.25. The van der Waals surface area contributed by atoms with Crippen LogP contribution in [0.1, 0.15) is 53.4 Å². The summed E-state index contributed by atoms with van der Waals surface area (Å²) in [6, 6.07) is 0.377. The minimum Gasteiger partial charge on any atom is -0.356 e. The second-order valence-electron chi connectivity index (χ2n) is 8.20. The molecule has 1 atom stereocenters. The second kappa shape index (κ2) is 10.9. The van der Waals surface area contributed by atoms with Crippen molar-refractivity contribution < 1.29 is 8.42 Å². The van der Waals surface area contributed by atoms with E-state index in [1.54, 1.807) is 11.4 Å². The van der Waals surface area contributed by atoms with Crippen molar-refractivity contribution in [3.8, 4) is 0 Å². The number of aliphatic imine (C=N–C) groups is 1. The molecule has 0 aromatic rings. The van der Waals surface area contributed by atoms with E-state index in [2.05, 4.69) is 43.3 Å². The van der Waals surface area contributed by atoms with Gasteiger partial charge in [-0.1, -0.05) is 20.8 Å². The standard InChI is InChI=1S/C17H36N4O2S.HI/c1-14(7-10-17(2,3)4)20-16(18-5)19-13-15-8-11-21(12-9-15)24(6,22)23;/h14-15H,7-13H2,1-6H3,(H2,18,19,20);1H. The average molecular weight is 488 g/mol. The number of piperidine rings is 1. The minimum atomic E-state index is -3.04. The van der Waals surface area contributed by atoms with Crippen LogP contribution >= 0.6 is 24.0 Å². The lowest BCUT2D eigenvalue weighted by Crippen LogP contribution is -2.46. The molecule has 8 heteroatoms. The van der Waals surface area contributed by atoms with Crippen LogP contribution in [0, 0.1) is 11.3 Å². The van der Waals surface area contributed by atoms with Crippen molar-refractivity contribution in [3.05, 3.63) is 0 Å². The Kier molecular flexibility index (Phi) is 10.9. The topological polar surface area (TPSA) is 73.8 Å². The fraction of sp³-hybridized carbons (Fsp3) is 0.941. The second-order valence-corrected chi connectivity index (χ2v) is 10.2. The molecule has 0 amide bonds. The van der Waals surface area contributed by atoms with Crippen LogP contribution in [0.4, 0.5) is 0 Å². The molecule has 0 bridgehead atoms. The number of hydrogen-bond acceptors (Lipinski definition) is 3. The highest BCUT2D eigenvalue weighted by Gasteiger charge is 2.24. The number of halogens is 1. The van der Waals surface area contributed by atoms with E-state index in [-0.39, 0.29) is 24.0 Å². The zero-order valence-electron chi connectivity index (χ0n) is 16.6. The molecule has 2 N–H and O–H groups in total. The van der Waals surface area contributed by atoms with Crippen LogP contribution in [0.15, 0.2) is 4.99 Å². The van der Waals surface area contributed by atoms with Gasteiger partial charge >= 0.3 is 0 Å². The lowest BCUT2D eigenvalue weighted by atomic mass is 9.89. The minimum absolute atomic E-state index is 0. The maximum absolute atomic E-state index is 11.5. The van der Waals surface area contributed by atoms with Crippen LogP contribution in [0.3, 0.4) is 0 Å². The monoisotopic (exact) mass is 488 g/mol. The Morgan fingerprint density at radius 3 is 2.28 bits per heavy atom. The third-order valence-corrected chi connectivity index (χ3v) is 5.84. The van der Waals surface area contributed by atoms with E-state index in [9.17, 15) is 8.42 Å². The number of nitrogens with one attached hydrogen (secondary N) is 2. The number of nitrogens with zero attached hydrogens (tertiary/aromatic N) is 2. The maximum Gasteiger partial charge on any atom is 0.211 e. The van der Waals surface area contributed by atoms with Gasteiger partial charge in [-0.25, -0.2) is 12.7 Å². The highest BCUT2D eigenvalue weighted by molar-refractivity contribution is 14.0. The zero-order valence-corrected chi connectivity index (χ0v) is 19.8. The van der Waals surface area contributed by atoms with Crippen LogP contribution in [0.5, 0.6) is 0 Å². The summed E-state index contributed by atoms with van der Waals surface area (Å²) in [4.78, 5) is 4.30. The maximum atomic E-state index is 11.5. The quantitative estimate of drug-likeness (QED) is 0.343. The number of guanidine groups is 1. The van der Waals surface area contributed by atoms with Crippen molar-refractivity contribution in [2.45, 2.75) is 59.4 Å². The molecule has 1 unspecified atom stereocenters. The molecule has 1 rings (SSSR count). The van der Waals surface area contributed by atoms with E-state index in [1.165, 1.54) is 12.7 Å². The third kappa shape index (κ3) is 10.6. The molecule has 0 saturated carbocycles. The molecule has 0 radical (unpaired) electrons.